The number of H-pyrrole nitrogens is 1. The van der Waals surface area contributed by atoms with E-state index in [0.717, 1.165) is 16.3 Å². The average molecular weight is 485 g/mol. The Hall–Kier alpha value is -2.39. The van der Waals surface area contributed by atoms with Gasteiger partial charge in [0.15, 0.2) is 0 Å². The number of carbonyl (C=O) groups is 3. The van der Waals surface area contributed by atoms with Gasteiger partial charge in [-0.3, -0.25) is 24.1 Å². The number of carbonyl (C=O) groups excluding carboxylic acids is 2. The molecule has 2 saturated carbocycles. The highest BCUT2D eigenvalue weighted by atomic mass is 32.2. The van der Waals surface area contributed by atoms with E-state index in [1.54, 1.807) is 11.8 Å². The standard InChI is InChI=1S/C24H24N2O5S2/c1-10-5-2-3-6-11(10)15-16-12-9-13(19(16)32-21-20(15)33-24(31)25-21)18-17(12)22(29)26(23(18)30)8-4-7-14(27)28/h2-3,5-6,12-13,15-19H,4,7-9H2,1H3,(H,25,31)(H,27,28)/t12-,13+,15-,16+,17+,18-,19-/m1/s1. The topological polar surface area (TPSA) is 108 Å². The number of aliphatic carboxylic acids is 1. The predicted molar refractivity (Wildman–Crippen MR) is 123 cm³/mol. The fourth-order valence-corrected chi connectivity index (χ4v) is 9.85. The molecule has 7 atom stereocenters. The monoisotopic (exact) mass is 484 g/mol. The molecule has 2 aliphatic carbocycles. The molecule has 0 unspecified atom stereocenters. The third kappa shape index (κ3) is 3.01. The van der Waals surface area contributed by atoms with Gasteiger partial charge in [0.2, 0.25) is 11.8 Å². The molecule has 2 N–H and O–H groups in total. The van der Waals surface area contributed by atoms with Crippen LogP contribution in [0.4, 0.5) is 0 Å². The molecule has 3 heterocycles. The first-order chi connectivity index (χ1) is 15.9. The molecule has 33 heavy (non-hydrogen) atoms. The number of aromatic amines is 1. The second kappa shape index (κ2) is 7.56. The molecule has 2 amide bonds. The Morgan fingerprint density at radius 2 is 1.88 bits per heavy atom. The van der Waals surface area contributed by atoms with Crippen molar-refractivity contribution < 1.29 is 19.5 Å². The molecule has 7 nitrogen and oxygen atoms in total. The second-order valence-corrected chi connectivity index (χ2v) is 11.8. The Morgan fingerprint density at radius 1 is 1.15 bits per heavy atom. The van der Waals surface area contributed by atoms with Crippen molar-refractivity contribution in [3.63, 3.8) is 0 Å². The van der Waals surface area contributed by atoms with Gasteiger partial charge in [-0.2, -0.15) is 0 Å². The average Bonchev–Trinajstić information content (AvgIpc) is 3.49. The summed E-state index contributed by atoms with van der Waals surface area (Å²) in [5.74, 6) is -1.39. The zero-order chi connectivity index (χ0) is 23.0. The van der Waals surface area contributed by atoms with E-state index in [1.165, 1.54) is 27.4 Å². The summed E-state index contributed by atoms with van der Waals surface area (Å²) in [6.45, 7) is 2.27. The summed E-state index contributed by atoms with van der Waals surface area (Å²) >= 11 is 2.96. The molecule has 1 aromatic carbocycles. The van der Waals surface area contributed by atoms with Crippen LogP contribution in [0.25, 0.3) is 0 Å². The van der Waals surface area contributed by atoms with Crippen molar-refractivity contribution in [3.05, 3.63) is 49.9 Å². The normalized spacial score (nSPS) is 33.8. The van der Waals surface area contributed by atoms with E-state index < -0.39 is 5.97 Å². The second-order valence-electron chi connectivity index (χ2n) is 9.64. The lowest BCUT2D eigenvalue weighted by atomic mass is 9.67. The molecule has 2 aromatic rings. The van der Waals surface area contributed by atoms with Crippen LogP contribution < -0.4 is 4.87 Å². The smallest absolute Gasteiger partial charge is 0.305 e. The van der Waals surface area contributed by atoms with E-state index >= 15 is 0 Å². The van der Waals surface area contributed by atoms with Crippen LogP contribution in [-0.4, -0.2) is 44.6 Å². The molecule has 4 aliphatic rings. The number of rotatable bonds is 5. The van der Waals surface area contributed by atoms with Crippen molar-refractivity contribution in [3.8, 4) is 0 Å². The summed E-state index contributed by atoms with van der Waals surface area (Å²) < 4.78 is 0. The summed E-state index contributed by atoms with van der Waals surface area (Å²) in [7, 11) is 0. The molecule has 2 bridgehead atoms. The Labute approximate surface area is 198 Å². The van der Waals surface area contributed by atoms with Gasteiger partial charge in [0, 0.05) is 29.0 Å². The van der Waals surface area contributed by atoms with Crippen LogP contribution in [0.3, 0.4) is 0 Å². The number of hydrogen-bond donors (Lipinski definition) is 2. The lowest BCUT2D eigenvalue weighted by molar-refractivity contribution is -0.142. The lowest BCUT2D eigenvalue weighted by Gasteiger charge is -2.43. The lowest BCUT2D eigenvalue weighted by Crippen LogP contribution is -2.42. The van der Waals surface area contributed by atoms with E-state index in [2.05, 4.69) is 24.0 Å². The summed E-state index contributed by atoms with van der Waals surface area (Å²) in [5.41, 5.74) is 2.37. The van der Waals surface area contributed by atoms with Gasteiger partial charge in [-0.1, -0.05) is 35.6 Å². The van der Waals surface area contributed by atoms with Crippen molar-refractivity contribution in [1.29, 1.82) is 0 Å². The number of thioether (sulfide) groups is 1. The van der Waals surface area contributed by atoms with Crippen molar-refractivity contribution in [2.75, 3.05) is 6.54 Å². The van der Waals surface area contributed by atoms with Crippen LogP contribution in [0.15, 0.2) is 34.1 Å². The highest BCUT2D eigenvalue weighted by molar-refractivity contribution is 8.00. The van der Waals surface area contributed by atoms with Crippen LogP contribution in [-0.2, 0) is 14.4 Å². The number of aromatic nitrogens is 1. The highest BCUT2D eigenvalue weighted by Crippen LogP contribution is 2.68. The summed E-state index contributed by atoms with van der Waals surface area (Å²) in [5, 5.41) is 10.0. The SMILES string of the molecule is Cc1ccccc1[C@H]1c2sc(=O)[nH]c2S[C@@H]2[C@H]3C[C@@H]([C@@H]4C(=O)N(CCCC(=O)O)C(=O)[C@H]34)[C@@H]12. The molecule has 3 fully saturated rings. The maximum atomic E-state index is 13.4. The van der Waals surface area contributed by atoms with Crippen LogP contribution in [0, 0.1) is 36.5 Å². The number of aryl methyl sites for hydroxylation is 1. The quantitative estimate of drug-likeness (QED) is 0.632. The van der Waals surface area contributed by atoms with Gasteiger partial charge in [0.05, 0.1) is 16.9 Å². The fourth-order valence-electron chi connectivity index (χ4n) is 6.97. The highest BCUT2D eigenvalue weighted by Gasteiger charge is 2.69. The molecular formula is C24H24N2O5S2. The van der Waals surface area contributed by atoms with Gasteiger partial charge in [-0.15, -0.1) is 11.8 Å². The summed E-state index contributed by atoms with van der Waals surface area (Å²) in [6.07, 6.45) is 1.09. The van der Waals surface area contributed by atoms with Gasteiger partial charge in [-0.05, 0) is 48.6 Å². The maximum absolute atomic E-state index is 13.4. The number of likely N-dealkylation sites (tertiary alicyclic amines) is 1. The zero-order valence-corrected chi connectivity index (χ0v) is 19.7. The number of nitrogens with zero attached hydrogens (tertiary/aromatic N) is 1. The van der Waals surface area contributed by atoms with Gasteiger partial charge < -0.3 is 10.1 Å². The Bertz CT molecular complexity index is 1240. The Balaban J connectivity index is 1.39. The van der Waals surface area contributed by atoms with Crippen LogP contribution in [0.5, 0.6) is 0 Å². The molecular weight excluding hydrogens is 460 g/mol. The van der Waals surface area contributed by atoms with E-state index in [1.807, 2.05) is 12.1 Å². The van der Waals surface area contributed by atoms with Crippen LogP contribution in [0.2, 0.25) is 0 Å². The number of benzene rings is 1. The van der Waals surface area contributed by atoms with E-state index in [-0.39, 0.29) is 76.8 Å². The number of thiazole rings is 1. The summed E-state index contributed by atoms with van der Waals surface area (Å²) in [6, 6.07) is 8.26. The first kappa shape index (κ1) is 21.2. The van der Waals surface area contributed by atoms with Crippen molar-refractivity contribution in [1.82, 2.24) is 9.88 Å². The fraction of sp³-hybridized carbons (Fsp3) is 0.500. The first-order valence-electron chi connectivity index (χ1n) is 11.4. The molecule has 0 radical (unpaired) electrons. The Kier molecular flexibility index (Phi) is 4.85. The minimum atomic E-state index is -0.919. The third-order valence-electron chi connectivity index (χ3n) is 8.11. The zero-order valence-electron chi connectivity index (χ0n) is 18.0. The minimum Gasteiger partial charge on any atom is -0.481 e. The van der Waals surface area contributed by atoms with Gasteiger partial charge in [-0.25, -0.2) is 0 Å². The van der Waals surface area contributed by atoms with E-state index in [0.29, 0.717) is 0 Å². The first-order valence-corrected chi connectivity index (χ1v) is 13.1. The van der Waals surface area contributed by atoms with Crippen LogP contribution in [0.1, 0.15) is 41.2 Å². The van der Waals surface area contributed by atoms with Gasteiger partial charge in [0.25, 0.3) is 0 Å². The van der Waals surface area contributed by atoms with E-state index in [4.69, 9.17) is 5.11 Å². The van der Waals surface area contributed by atoms with Gasteiger partial charge in [0.1, 0.15) is 0 Å². The van der Waals surface area contributed by atoms with E-state index in [9.17, 15) is 19.2 Å². The number of carboxylic acids is 1. The predicted octanol–water partition coefficient (Wildman–Crippen LogP) is 3.08. The van der Waals surface area contributed by atoms with Crippen molar-refractivity contribution >= 4 is 40.9 Å². The molecule has 9 heteroatoms. The molecule has 172 valence electrons. The number of imide groups is 1. The number of amides is 2. The van der Waals surface area contributed by atoms with Crippen molar-refractivity contribution in [2.45, 2.75) is 42.4 Å². The molecule has 0 spiro atoms. The minimum absolute atomic E-state index is 0.0383. The molecule has 1 saturated heterocycles. The van der Waals surface area contributed by atoms with Crippen LogP contribution >= 0.6 is 23.1 Å². The number of nitrogens with one attached hydrogen (secondary N) is 1. The third-order valence-corrected chi connectivity index (χ3v) is 10.7. The molecule has 1 aromatic heterocycles. The van der Waals surface area contributed by atoms with Crippen molar-refractivity contribution in [2.24, 2.45) is 29.6 Å². The Morgan fingerprint density at radius 3 is 2.61 bits per heavy atom. The number of carboxylic acid groups (broad SMARTS) is 1. The maximum Gasteiger partial charge on any atom is 0.305 e. The largest absolute Gasteiger partial charge is 0.481 e. The molecule has 6 rings (SSSR count). The number of hydrogen-bond acceptors (Lipinski definition) is 6. The number of fused-ring (bicyclic) bond motifs is 9. The summed E-state index contributed by atoms with van der Waals surface area (Å²) in [4.78, 5) is 55.2. The van der Waals surface area contributed by atoms with Gasteiger partial charge >= 0.3 is 10.8 Å². The molecule has 2 aliphatic heterocycles.